The molecule has 1 aromatic heterocycles. The number of carbonyl (C=O) groups is 1. The summed E-state index contributed by atoms with van der Waals surface area (Å²) in [5.41, 5.74) is 0.629. The number of nitrogens with zero attached hydrogens (tertiary/aromatic N) is 2. The van der Waals surface area contributed by atoms with E-state index in [1.807, 2.05) is 0 Å². The summed E-state index contributed by atoms with van der Waals surface area (Å²) in [7, 11) is 0. The van der Waals surface area contributed by atoms with Crippen LogP contribution in [0, 0.1) is 24.4 Å². The molecule has 0 saturated carbocycles. The van der Waals surface area contributed by atoms with E-state index >= 15 is 0 Å². The minimum atomic E-state index is -1.06. The summed E-state index contributed by atoms with van der Waals surface area (Å²) in [5.74, 6) is -3.13. The maximum absolute atomic E-state index is 13.8. The third kappa shape index (κ3) is 4.05. The number of rotatable bonds is 4. The maximum Gasteiger partial charge on any atom is 0.275 e. The summed E-state index contributed by atoms with van der Waals surface area (Å²) in [6.07, 6.45) is 0. The van der Waals surface area contributed by atoms with Crippen LogP contribution in [0.1, 0.15) is 5.56 Å². The Kier molecular flexibility index (Phi) is 5.29. The maximum atomic E-state index is 13.8. The molecule has 0 unspecified atom stereocenters. The molecule has 8 heteroatoms. The van der Waals surface area contributed by atoms with Crippen LogP contribution in [0.3, 0.4) is 0 Å². The highest BCUT2D eigenvalue weighted by atomic mass is 19.2. The summed E-state index contributed by atoms with van der Waals surface area (Å²) in [4.78, 5) is 25.3. The van der Waals surface area contributed by atoms with Gasteiger partial charge >= 0.3 is 0 Å². The van der Waals surface area contributed by atoms with E-state index in [0.29, 0.717) is 10.9 Å². The topological polar surface area (TPSA) is 64.0 Å². The van der Waals surface area contributed by atoms with Crippen LogP contribution in [0.4, 0.5) is 18.9 Å². The number of fused-ring (bicyclic) bond motifs is 1. The molecule has 0 aliphatic heterocycles. The SMILES string of the molecule is Cc1ccc(NC(=O)Cn2nc(-c3ccc(F)c(F)c3)c3ccccc3c2=O)cc1F. The summed E-state index contributed by atoms with van der Waals surface area (Å²) in [6.45, 7) is 1.15. The Balaban J connectivity index is 1.74. The van der Waals surface area contributed by atoms with E-state index in [1.165, 1.54) is 18.2 Å². The largest absolute Gasteiger partial charge is 0.324 e. The van der Waals surface area contributed by atoms with Gasteiger partial charge in [0.05, 0.1) is 11.1 Å². The highest BCUT2D eigenvalue weighted by molar-refractivity contribution is 5.94. The van der Waals surface area contributed by atoms with Crippen LogP contribution in [-0.4, -0.2) is 15.7 Å². The number of hydrogen-bond acceptors (Lipinski definition) is 3. The monoisotopic (exact) mass is 423 g/mol. The van der Waals surface area contributed by atoms with Crippen molar-refractivity contribution in [2.75, 3.05) is 5.32 Å². The van der Waals surface area contributed by atoms with Gasteiger partial charge in [0.2, 0.25) is 5.91 Å². The molecule has 1 N–H and O–H groups in total. The van der Waals surface area contributed by atoms with Crippen molar-refractivity contribution in [2.45, 2.75) is 13.5 Å². The van der Waals surface area contributed by atoms with Crippen LogP contribution in [-0.2, 0) is 11.3 Å². The molecule has 1 amide bonds. The molecule has 156 valence electrons. The van der Waals surface area contributed by atoms with Gasteiger partial charge in [-0.15, -0.1) is 0 Å². The van der Waals surface area contributed by atoms with Gasteiger partial charge in [0.1, 0.15) is 12.4 Å². The van der Waals surface area contributed by atoms with Gasteiger partial charge in [-0.2, -0.15) is 5.10 Å². The van der Waals surface area contributed by atoms with Gasteiger partial charge in [0.25, 0.3) is 5.56 Å². The second-order valence-corrected chi connectivity index (χ2v) is 7.00. The summed E-state index contributed by atoms with van der Waals surface area (Å²) in [6, 6.07) is 14.1. The van der Waals surface area contributed by atoms with E-state index in [2.05, 4.69) is 10.4 Å². The Morgan fingerprint density at radius 3 is 2.39 bits per heavy atom. The van der Waals surface area contributed by atoms with Crippen molar-refractivity contribution in [3.05, 3.63) is 94.0 Å². The molecule has 0 radical (unpaired) electrons. The van der Waals surface area contributed by atoms with E-state index in [0.717, 1.165) is 16.8 Å². The molecule has 0 saturated heterocycles. The number of hydrogen-bond donors (Lipinski definition) is 1. The van der Waals surface area contributed by atoms with Gasteiger partial charge in [-0.1, -0.05) is 24.3 Å². The predicted octanol–water partition coefficient (Wildman–Crippen LogP) is 4.43. The molecule has 3 aromatic carbocycles. The Bertz CT molecular complexity index is 1380. The number of nitrogens with one attached hydrogen (secondary N) is 1. The fraction of sp³-hybridized carbons (Fsp3) is 0.0870. The third-order valence-electron chi connectivity index (χ3n) is 4.81. The first-order chi connectivity index (χ1) is 14.8. The van der Waals surface area contributed by atoms with Crippen molar-refractivity contribution in [3.63, 3.8) is 0 Å². The second-order valence-electron chi connectivity index (χ2n) is 7.00. The molecule has 0 fully saturated rings. The van der Waals surface area contributed by atoms with Gasteiger partial charge < -0.3 is 5.32 Å². The molecule has 0 bridgehead atoms. The number of anilines is 1. The van der Waals surface area contributed by atoms with Crippen molar-refractivity contribution in [1.82, 2.24) is 9.78 Å². The van der Waals surface area contributed by atoms with Crippen LogP contribution in [0.5, 0.6) is 0 Å². The van der Waals surface area contributed by atoms with Crippen molar-refractivity contribution in [1.29, 1.82) is 0 Å². The number of halogens is 3. The Hall–Kier alpha value is -3.94. The van der Waals surface area contributed by atoms with E-state index < -0.39 is 35.5 Å². The molecular weight excluding hydrogens is 407 g/mol. The summed E-state index contributed by atoms with van der Waals surface area (Å²) in [5, 5.41) is 7.47. The number of amides is 1. The molecule has 0 aliphatic carbocycles. The van der Waals surface area contributed by atoms with Gasteiger partial charge in [0.15, 0.2) is 11.6 Å². The zero-order valence-corrected chi connectivity index (χ0v) is 16.3. The lowest BCUT2D eigenvalue weighted by Crippen LogP contribution is -2.30. The van der Waals surface area contributed by atoms with E-state index in [1.54, 1.807) is 37.3 Å². The summed E-state index contributed by atoms with van der Waals surface area (Å²) >= 11 is 0. The highest BCUT2D eigenvalue weighted by Crippen LogP contribution is 2.26. The molecular formula is C23H16F3N3O2. The lowest BCUT2D eigenvalue weighted by molar-refractivity contribution is -0.117. The van der Waals surface area contributed by atoms with Gasteiger partial charge in [0, 0.05) is 16.6 Å². The standard InChI is InChI=1S/C23H16F3N3O2/c1-13-6-8-15(11-19(13)25)27-21(30)12-29-23(31)17-5-3-2-4-16(17)22(28-29)14-7-9-18(24)20(26)10-14/h2-11H,12H2,1H3,(H,27,30). The first-order valence-corrected chi connectivity index (χ1v) is 9.35. The quantitative estimate of drug-likeness (QED) is 0.528. The van der Waals surface area contributed by atoms with Gasteiger partial charge in [-0.05, 0) is 48.9 Å². The average Bonchev–Trinajstić information content (AvgIpc) is 2.75. The Morgan fingerprint density at radius 1 is 0.935 bits per heavy atom. The van der Waals surface area contributed by atoms with Crippen LogP contribution >= 0.6 is 0 Å². The number of benzene rings is 3. The minimum Gasteiger partial charge on any atom is -0.324 e. The van der Waals surface area contributed by atoms with Crippen molar-refractivity contribution in [2.24, 2.45) is 0 Å². The van der Waals surface area contributed by atoms with E-state index in [9.17, 15) is 22.8 Å². The third-order valence-corrected chi connectivity index (χ3v) is 4.81. The van der Waals surface area contributed by atoms with Crippen molar-refractivity contribution < 1.29 is 18.0 Å². The molecule has 0 aliphatic rings. The lowest BCUT2D eigenvalue weighted by Gasteiger charge is -2.12. The smallest absolute Gasteiger partial charge is 0.275 e. The number of carbonyl (C=O) groups excluding carboxylic acids is 1. The van der Waals surface area contributed by atoms with Crippen LogP contribution in [0.2, 0.25) is 0 Å². The first-order valence-electron chi connectivity index (χ1n) is 9.35. The zero-order valence-electron chi connectivity index (χ0n) is 16.3. The Labute approximate surface area is 174 Å². The lowest BCUT2D eigenvalue weighted by atomic mass is 10.0. The van der Waals surface area contributed by atoms with Crippen LogP contribution in [0.25, 0.3) is 22.0 Å². The number of aryl methyl sites for hydroxylation is 1. The zero-order chi connectivity index (χ0) is 22.1. The van der Waals surface area contributed by atoms with Crippen LogP contribution in [0.15, 0.2) is 65.5 Å². The van der Waals surface area contributed by atoms with Crippen molar-refractivity contribution >= 4 is 22.4 Å². The van der Waals surface area contributed by atoms with Crippen molar-refractivity contribution in [3.8, 4) is 11.3 Å². The minimum absolute atomic E-state index is 0.225. The first kappa shape index (κ1) is 20.3. The molecule has 0 atom stereocenters. The second kappa shape index (κ2) is 8.06. The van der Waals surface area contributed by atoms with E-state index in [-0.39, 0.29) is 22.3 Å². The summed E-state index contributed by atoms with van der Waals surface area (Å²) < 4.78 is 41.8. The molecule has 4 aromatic rings. The molecule has 4 rings (SSSR count). The molecule has 1 heterocycles. The predicted molar refractivity (Wildman–Crippen MR) is 111 cm³/mol. The van der Waals surface area contributed by atoms with Crippen LogP contribution < -0.4 is 10.9 Å². The fourth-order valence-corrected chi connectivity index (χ4v) is 3.21. The highest BCUT2D eigenvalue weighted by Gasteiger charge is 2.16. The molecule has 0 spiro atoms. The Morgan fingerprint density at radius 2 is 1.68 bits per heavy atom. The van der Waals surface area contributed by atoms with Gasteiger partial charge in [-0.25, -0.2) is 17.9 Å². The van der Waals surface area contributed by atoms with E-state index in [4.69, 9.17) is 0 Å². The fourth-order valence-electron chi connectivity index (χ4n) is 3.21. The number of aromatic nitrogens is 2. The molecule has 5 nitrogen and oxygen atoms in total. The molecule has 31 heavy (non-hydrogen) atoms. The van der Waals surface area contributed by atoms with Gasteiger partial charge in [-0.3, -0.25) is 9.59 Å². The average molecular weight is 423 g/mol. The normalized spacial score (nSPS) is 11.0.